The molecule has 4 nitrogen and oxygen atoms in total. The molecule has 2 rings (SSSR count). The van der Waals surface area contributed by atoms with E-state index in [0.29, 0.717) is 12.6 Å². The SMILES string of the molecule is Cc1cc(CNS(=O)(=O)Cc2ccccc2)c(C)n1C(C)C. The van der Waals surface area contributed by atoms with Gasteiger partial charge < -0.3 is 4.57 Å². The fourth-order valence-corrected chi connectivity index (χ4v) is 3.96. The standard InChI is InChI=1S/C17H24N2O2S/c1-13(2)19-14(3)10-17(15(19)4)11-18-22(20,21)12-16-8-6-5-7-9-16/h5-10,13,18H,11-12H2,1-4H3. The number of nitrogens with zero attached hydrogens (tertiary/aromatic N) is 1. The highest BCUT2D eigenvalue weighted by atomic mass is 32.2. The molecule has 120 valence electrons. The van der Waals surface area contributed by atoms with Crippen LogP contribution >= 0.6 is 0 Å². The predicted molar refractivity (Wildman–Crippen MR) is 90.2 cm³/mol. The second-order valence-electron chi connectivity index (χ2n) is 5.93. The van der Waals surface area contributed by atoms with E-state index in [-0.39, 0.29) is 5.75 Å². The van der Waals surface area contributed by atoms with Crippen LogP contribution in [0.3, 0.4) is 0 Å². The normalized spacial score (nSPS) is 12.0. The molecule has 22 heavy (non-hydrogen) atoms. The minimum absolute atomic E-state index is 0.0107. The van der Waals surface area contributed by atoms with Gasteiger partial charge in [-0.3, -0.25) is 0 Å². The van der Waals surface area contributed by atoms with E-state index < -0.39 is 10.0 Å². The Morgan fingerprint density at radius 2 is 1.77 bits per heavy atom. The largest absolute Gasteiger partial charge is 0.346 e. The van der Waals surface area contributed by atoms with Crippen LogP contribution in [0.25, 0.3) is 0 Å². The van der Waals surface area contributed by atoms with Crippen LogP contribution in [0.1, 0.15) is 42.4 Å². The zero-order chi connectivity index (χ0) is 16.3. The van der Waals surface area contributed by atoms with Crippen LogP contribution in [0.4, 0.5) is 0 Å². The topological polar surface area (TPSA) is 51.1 Å². The van der Waals surface area contributed by atoms with Crippen molar-refractivity contribution in [1.82, 2.24) is 9.29 Å². The number of aryl methyl sites for hydroxylation is 1. The third-order valence-corrected chi connectivity index (χ3v) is 5.09. The van der Waals surface area contributed by atoms with Gasteiger partial charge in [-0.2, -0.15) is 0 Å². The molecule has 0 amide bonds. The predicted octanol–water partition coefficient (Wildman–Crippen LogP) is 3.31. The minimum Gasteiger partial charge on any atom is -0.346 e. The van der Waals surface area contributed by atoms with E-state index in [9.17, 15) is 8.42 Å². The van der Waals surface area contributed by atoms with Gasteiger partial charge in [0.25, 0.3) is 0 Å². The molecule has 0 spiro atoms. The van der Waals surface area contributed by atoms with E-state index in [0.717, 1.165) is 22.5 Å². The van der Waals surface area contributed by atoms with Crippen molar-refractivity contribution in [3.05, 3.63) is 58.9 Å². The Bertz CT molecular complexity index is 732. The summed E-state index contributed by atoms with van der Waals surface area (Å²) in [5.74, 6) is 0.0107. The highest BCUT2D eigenvalue weighted by molar-refractivity contribution is 7.88. The van der Waals surface area contributed by atoms with E-state index in [4.69, 9.17) is 0 Å². The van der Waals surface area contributed by atoms with Gasteiger partial charge in [0.1, 0.15) is 0 Å². The van der Waals surface area contributed by atoms with E-state index in [1.807, 2.05) is 37.3 Å². The Balaban J connectivity index is 2.08. The van der Waals surface area contributed by atoms with Gasteiger partial charge in [0, 0.05) is 24.0 Å². The Labute approximate surface area is 133 Å². The lowest BCUT2D eigenvalue weighted by atomic mass is 10.2. The van der Waals surface area contributed by atoms with Gasteiger partial charge in [-0.05, 0) is 44.9 Å². The molecule has 0 aliphatic carbocycles. The first-order valence-electron chi connectivity index (χ1n) is 7.48. The number of sulfonamides is 1. The lowest BCUT2D eigenvalue weighted by Crippen LogP contribution is -2.25. The maximum atomic E-state index is 12.2. The van der Waals surface area contributed by atoms with Gasteiger partial charge in [0.2, 0.25) is 10.0 Å². The average molecular weight is 320 g/mol. The van der Waals surface area contributed by atoms with Crippen molar-refractivity contribution in [1.29, 1.82) is 0 Å². The smallest absolute Gasteiger partial charge is 0.216 e. The molecule has 0 bridgehead atoms. The molecular weight excluding hydrogens is 296 g/mol. The first-order chi connectivity index (χ1) is 10.3. The first kappa shape index (κ1) is 16.8. The summed E-state index contributed by atoms with van der Waals surface area (Å²) >= 11 is 0. The average Bonchev–Trinajstić information content (AvgIpc) is 2.72. The van der Waals surface area contributed by atoms with Crippen molar-refractivity contribution >= 4 is 10.0 Å². The monoisotopic (exact) mass is 320 g/mol. The molecule has 1 aromatic carbocycles. The lowest BCUT2D eigenvalue weighted by molar-refractivity contribution is 0.570. The second kappa shape index (κ2) is 6.67. The number of benzene rings is 1. The maximum absolute atomic E-state index is 12.2. The van der Waals surface area contributed by atoms with E-state index >= 15 is 0 Å². The maximum Gasteiger partial charge on any atom is 0.216 e. The van der Waals surface area contributed by atoms with Crippen molar-refractivity contribution < 1.29 is 8.42 Å². The molecule has 0 aliphatic rings. The summed E-state index contributed by atoms with van der Waals surface area (Å²) in [7, 11) is -3.33. The van der Waals surface area contributed by atoms with E-state index in [1.54, 1.807) is 0 Å². The summed E-state index contributed by atoms with van der Waals surface area (Å²) in [6, 6.07) is 11.6. The molecule has 0 radical (unpaired) electrons. The Kier molecular flexibility index (Phi) is 5.08. The molecule has 1 aromatic heterocycles. The summed E-state index contributed by atoms with van der Waals surface area (Å²) in [6.07, 6.45) is 0. The van der Waals surface area contributed by atoms with Crippen molar-refractivity contribution in [3.8, 4) is 0 Å². The van der Waals surface area contributed by atoms with Crippen LogP contribution in [0.15, 0.2) is 36.4 Å². The van der Waals surface area contributed by atoms with Crippen LogP contribution in [0.5, 0.6) is 0 Å². The molecule has 1 heterocycles. The summed E-state index contributed by atoms with van der Waals surface area (Å²) in [5.41, 5.74) is 4.10. The number of rotatable bonds is 6. The fraction of sp³-hybridized carbons (Fsp3) is 0.412. The molecule has 0 saturated heterocycles. The molecule has 1 N–H and O–H groups in total. The second-order valence-corrected chi connectivity index (χ2v) is 7.73. The van der Waals surface area contributed by atoms with E-state index in [1.165, 1.54) is 0 Å². The molecule has 2 aromatic rings. The Hall–Kier alpha value is -1.59. The molecule has 0 saturated carbocycles. The molecule has 0 fully saturated rings. The summed E-state index contributed by atoms with van der Waals surface area (Å²) < 4.78 is 29.3. The number of hydrogen-bond donors (Lipinski definition) is 1. The van der Waals surface area contributed by atoms with E-state index in [2.05, 4.69) is 36.1 Å². The molecule has 0 aliphatic heterocycles. The van der Waals surface area contributed by atoms with Crippen LogP contribution in [-0.2, 0) is 22.3 Å². The van der Waals surface area contributed by atoms with Crippen molar-refractivity contribution in [2.75, 3.05) is 0 Å². The molecule has 0 atom stereocenters. The quantitative estimate of drug-likeness (QED) is 0.888. The van der Waals surface area contributed by atoms with Gasteiger partial charge in [0.05, 0.1) is 5.75 Å². The third kappa shape index (κ3) is 3.99. The first-order valence-corrected chi connectivity index (χ1v) is 9.14. The molecular formula is C17H24N2O2S. The lowest BCUT2D eigenvalue weighted by Gasteiger charge is -2.14. The van der Waals surface area contributed by atoms with Crippen molar-refractivity contribution in [2.45, 2.75) is 46.0 Å². The van der Waals surface area contributed by atoms with Crippen molar-refractivity contribution in [3.63, 3.8) is 0 Å². The van der Waals surface area contributed by atoms with Gasteiger partial charge in [0.15, 0.2) is 0 Å². The highest BCUT2D eigenvalue weighted by Gasteiger charge is 2.15. The van der Waals surface area contributed by atoms with Crippen LogP contribution in [0.2, 0.25) is 0 Å². The number of aromatic nitrogens is 1. The third-order valence-electron chi connectivity index (χ3n) is 3.79. The number of hydrogen-bond acceptors (Lipinski definition) is 2. The zero-order valence-electron chi connectivity index (χ0n) is 13.6. The van der Waals surface area contributed by atoms with Crippen LogP contribution < -0.4 is 4.72 Å². The Morgan fingerprint density at radius 1 is 1.14 bits per heavy atom. The minimum atomic E-state index is -3.33. The van der Waals surface area contributed by atoms with Gasteiger partial charge in [-0.1, -0.05) is 30.3 Å². The fourth-order valence-electron chi connectivity index (χ4n) is 2.85. The number of nitrogens with one attached hydrogen (secondary N) is 1. The van der Waals surface area contributed by atoms with Gasteiger partial charge in [-0.25, -0.2) is 13.1 Å². The van der Waals surface area contributed by atoms with Crippen molar-refractivity contribution in [2.24, 2.45) is 0 Å². The molecule has 0 unspecified atom stereocenters. The van der Waals surface area contributed by atoms with Gasteiger partial charge >= 0.3 is 0 Å². The van der Waals surface area contributed by atoms with Crippen LogP contribution in [-0.4, -0.2) is 13.0 Å². The summed E-state index contributed by atoms with van der Waals surface area (Å²) in [5, 5.41) is 0. The van der Waals surface area contributed by atoms with Crippen LogP contribution in [0, 0.1) is 13.8 Å². The Morgan fingerprint density at radius 3 is 2.32 bits per heavy atom. The summed E-state index contributed by atoms with van der Waals surface area (Å²) in [4.78, 5) is 0. The summed E-state index contributed by atoms with van der Waals surface area (Å²) in [6.45, 7) is 8.68. The highest BCUT2D eigenvalue weighted by Crippen LogP contribution is 2.20. The van der Waals surface area contributed by atoms with Gasteiger partial charge in [-0.15, -0.1) is 0 Å². The molecule has 5 heteroatoms. The zero-order valence-corrected chi connectivity index (χ0v) is 14.4.